The van der Waals surface area contributed by atoms with Crippen LogP contribution < -0.4 is 10.6 Å². The SMILES string of the molecule is N=C(N)c1cc(F)ccc1N1CCC2(O)CCCCC2C1. The number of anilines is 1. The number of hydrogen-bond acceptors (Lipinski definition) is 3. The average molecular weight is 291 g/mol. The Kier molecular flexibility index (Phi) is 3.61. The van der Waals surface area contributed by atoms with Crippen LogP contribution in [0.5, 0.6) is 0 Å². The number of nitrogen functional groups attached to an aromatic ring is 1. The number of fused-ring (bicyclic) bond motifs is 1. The molecule has 1 aliphatic carbocycles. The molecule has 0 amide bonds. The van der Waals surface area contributed by atoms with E-state index in [-0.39, 0.29) is 17.6 Å². The number of nitrogens with two attached hydrogens (primary N) is 1. The fourth-order valence-corrected chi connectivity index (χ4v) is 3.79. The zero-order valence-corrected chi connectivity index (χ0v) is 12.1. The van der Waals surface area contributed by atoms with Crippen LogP contribution in [-0.4, -0.2) is 29.6 Å². The third kappa shape index (κ3) is 2.62. The van der Waals surface area contributed by atoms with Crippen molar-refractivity contribution in [2.75, 3.05) is 18.0 Å². The lowest BCUT2D eigenvalue weighted by molar-refractivity contribution is -0.0612. The van der Waals surface area contributed by atoms with E-state index in [0.717, 1.165) is 50.9 Å². The molecule has 2 unspecified atom stereocenters. The van der Waals surface area contributed by atoms with Gasteiger partial charge >= 0.3 is 0 Å². The lowest BCUT2D eigenvalue weighted by atomic mass is 9.71. The Labute approximate surface area is 124 Å². The molecule has 0 bridgehead atoms. The summed E-state index contributed by atoms with van der Waals surface area (Å²) in [5.41, 5.74) is 6.30. The lowest BCUT2D eigenvalue weighted by Crippen LogP contribution is -2.53. The number of hydrogen-bond donors (Lipinski definition) is 3. The summed E-state index contributed by atoms with van der Waals surface area (Å²) < 4.78 is 13.4. The van der Waals surface area contributed by atoms with Gasteiger partial charge in [-0.25, -0.2) is 4.39 Å². The summed E-state index contributed by atoms with van der Waals surface area (Å²) in [5.74, 6) is -0.242. The molecule has 3 rings (SSSR count). The minimum absolute atomic E-state index is 0.117. The maximum atomic E-state index is 13.4. The van der Waals surface area contributed by atoms with E-state index in [4.69, 9.17) is 11.1 Å². The molecule has 1 saturated heterocycles. The zero-order valence-electron chi connectivity index (χ0n) is 12.1. The minimum Gasteiger partial charge on any atom is -0.389 e. The van der Waals surface area contributed by atoms with Crippen molar-refractivity contribution in [3.05, 3.63) is 29.6 Å². The fourth-order valence-electron chi connectivity index (χ4n) is 3.79. The Bertz CT molecular complexity index is 562. The van der Waals surface area contributed by atoms with Gasteiger partial charge in [-0.15, -0.1) is 0 Å². The predicted molar refractivity (Wildman–Crippen MR) is 81.2 cm³/mol. The van der Waals surface area contributed by atoms with Gasteiger partial charge in [-0.1, -0.05) is 12.8 Å². The molecular formula is C16H22FN3O. The smallest absolute Gasteiger partial charge is 0.125 e. The number of piperidine rings is 1. The summed E-state index contributed by atoms with van der Waals surface area (Å²) >= 11 is 0. The first-order chi connectivity index (χ1) is 9.99. The van der Waals surface area contributed by atoms with E-state index in [1.165, 1.54) is 12.1 Å². The molecule has 4 nitrogen and oxygen atoms in total. The van der Waals surface area contributed by atoms with Crippen molar-refractivity contribution < 1.29 is 9.50 Å². The molecule has 1 aromatic carbocycles. The van der Waals surface area contributed by atoms with Crippen LogP contribution in [-0.2, 0) is 0 Å². The highest BCUT2D eigenvalue weighted by atomic mass is 19.1. The molecular weight excluding hydrogens is 269 g/mol. The molecule has 4 N–H and O–H groups in total. The highest BCUT2D eigenvalue weighted by Gasteiger charge is 2.43. The normalized spacial score (nSPS) is 29.0. The van der Waals surface area contributed by atoms with E-state index in [1.54, 1.807) is 6.07 Å². The van der Waals surface area contributed by atoms with Gasteiger partial charge < -0.3 is 15.7 Å². The van der Waals surface area contributed by atoms with Crippen LogP contribution in [0.15, 0.2) is 18.2 Å². The Morgan fingerprint density at radius 3 is 2.95 bits per heavy atom. The molecule has 0 spiro atoms. The van der Waals surface area contributed by atoms with Crippen LogP contribution >= 0.6 is 0 Å². The van der Waals surface area contributed by atoms with E-state index in [1.807, 2.05) is 0 Å². The van der Waals surface area contributed by atoms with Crippen LogP contribution in [0.2, 0.25) is 0 Å². The fraction of sp³-hybridized carbons (Fsp3) is 0.562. The average Bonchev–Trinajstić information content (AvgIpc) is 2.46. The first-order valence-corrected chi connectivity index (χ1v) is 7.61. The first kappa shape index (κ1) is 14.3. The molecule has 2 fully saturated rings. The van der Waals surface area contributed by atoms with E-state index in [0.29, 0.717) is 5.56 Å². The number of amidine groups is 1. The van der Waals surface area contributed by atoms with E-state index >= 15 is 0 Å². The van der Waals surface area contributed by atoms with Gasteiger partial charge in [0, 0.05) is 30.3 Å². The maximum absolute atomic E-state index is 13.4. The van der Waals surface area contributed by atoms with Crippen molar-refractivity contribution in [2.24, 2.45) is 11.7 Å². The minimum atomic E-state index is -0.537. The summed E-state index contributed by atoms with van der Waals surface area (Å²) in [5, 5.41) is 18.4. The maximum Gasteiger partial charge on any atom is 0.125 e. The Hall–Kier alpha value is -1.62. The Morgan fingerprint density at radius 2 is 2.19 bits per heavy atom. The number of benzene rings is 1. The second-order valence-corrected chi connectivity index (χ2v) is 6.32. The van der Waals surface area contributed by atoms with Crippen LogP contribution in [0.25, 0.3) is 0 Å². The third-order valence-electron chi connectivity index (χ3n) is 5.02. The van der Waals surface area contributed by atoms with Crippen molar-refractivity contribution in [3.8, 4) is 0 Å². The number of halogens is 1. The van der Waals surface area contributed by atoms with Crippen LogP contribution in [0.3, 0.4) is 0 Å². The molecule has 1 aliphatic heterocycles. The van der Waals surface area contributed by atoms with Gasteiger partial charge in [0.1, 0.15) is 11.7 Å². The molecule has 21 heavy (non-hydrogen) atoms. The number of rotatable bonds is 2. The summed E-state index contributed by atoms with van der Waals surface area (Å²) in [7, 11) is 0. The van der Waals surface area contributed by atoms with Gasteiger partial charge in [0.05, 0.1) is 5.60 Å². The quantitative estimate of drug-likeness (QED) is 0.578. The van der Waals surface area contributed by atoms with E-state index < -0.39 is 5.60 Å². The van der Waals surface area contributed by atoms with Crippen molar-refractivity contribution in [3.63, 3.8) is 0 Å². The number of aliphatic hydroxyl groups is 1. The Balaban J connectivity index is 1.87. The molecule has 1 heterocycles. The molecule has 0 aromatic heterocycles. The highest BCUT2D eigenvalue weighted by Crippen LogP contribution is 2.41. The standard InChI is InChI=1S/C16H22FN3O/c17-12-4-5-14(13(9-12)15(18)19)20-8-7-16(21)6-2-1-3-11(16)10-20/h4-5,9,11,21H,1-3,6-8,10H2,(H3,18,19). The largest absolute Gasteiger partial charge is 0.389 e. The van der Waals surface area contributed by atoms with Gasteiger partial charge in [0.2, 0.25) is 0 Å². The van der Waals surface area contributed by atoms with Gasteiger partial charge in [0.15, 0.2) is 0 Å². The predicted octanol–water partition coefficient (Wildman–Crippen LogP) is 2.24. The molecule has 0 radical (unpaired) electrons. The molecule has 114 valence electrons. The van der Waals surface area contributed by atoms with E-state index in [9.17, 15) is 9.50 Å². The van der Waals surface area contributed by atoms with Gasteiger partial charge in [-0.3, -0.25) is 5.41 Å². The zero-order chi connectivity index (χ0) is 15.0. The Morgan fingerprint density at radius 1 is 1.38 bits per heavy atom. The summed E-state index contributed by atoms with van der Waals surface area (Å²) in [6.07, 6.45) is 4.90. The van der Waals surface area contributed by atoms with Gasteiger partial charge in [-0.05, 0) is 37.5 Å². The number of nitrogens with zero attached hydrogens (tertiary/aromatic N) is 1. The summed E-state index contributed by atoms with van der Waals surface area (Å²) in [6.45, 7) is 1.47. The van der Waals surface area contributed by atoms with E-state index in [2.05, 4.69) is 4.90 Å². The van der Waals surface area contributed by atoms with Crippen molar-refractivity contribution in [1.29, 1.82) is 5.41 Å². The number of nitrogens with one attached hydrogen (secondary N) is 1. The topological polar surface area (TPSA) is 73.3 Å². The van der Waals surface area contributed by atoms with Gasteiger partial charge in [0.25, 0.3) is 0 Å². The lowest BCUT2D eigenvalue weighted by Gasteiger charge is -2.48. The van der Waals surface area contributed by atoms with Crippen molar-refractivity contribution in [2.45, 2.75) is 37.7 Å². The highest BCUT2D eigenvalue weighted by molar-refractivity contribution is 6.00. The van der Waals surface area contributed by atoms with Crippen molar-refractivity contribution in [1.82, 2.24) is 0 Å². The summed E-state index contributed by atoms with van der Waals surface area (Å²) in [6, 6.07) is 4.42. The monoisotopic (exact) mass is 291 g/mol. The van der Waals surface area contributed by atoms with Crippen LogP contribution in [0.1, 0.15) is 37.7 Å². The van der Waals surface area contributed by atoms with Crippen LogP contribution in [0, 0.1) is 17.1 Å². The molecule has 5 heteroatoms. The third-order valence-corrected chi connectivity index (χ3v) is 5.02. The summed E-state index contributed by atoms with van der Waals surface area (Å²) in [4.78, 5) is 2.14. The first-order valence-electron chi connectivity index (χ1n) is 7.61. The molecule has 2 atom stereocenters. The second kappa shape index (κ2) is 5.30. The second-order valence-electron chi connectivity index (χ2n) is 6.32. The van der Waals surface area contributed by atoms with Crippen LogP contribution in [0.4, 0.5) is 10.1 Å². The van der Waals surface area contributed by atoms with Gasteiger partial charge in [-0.2, -0.15) is 0 Å². The molecule has 1 saturated carbocycles. The molecule has 1 aromatic rings. The van der Waals surface area contributed by atoms with Crippen molar-refractivity contribution >= 4 is 11.5 Å². The molecule has 2 aliphatic rings.